The molecule has 5 rings (SSSR count). The number of imidazole rings is 1. The smallest absolute Gasteiger partial charge is 0.238 e. The second-order valence-corrected chi connectivity index (χ2v) is 10.9. The van der Waals surface area contributed by atoms with Crippen molar-refractivity contribution < 1.29 is 13.2 Å². The molecule has 1 N–H and O–H groups in total. The maximum Gasteiger partial charge on any atom is 0.238 e. The lowest BCUT2D eigenvalue weighted by Gasteiger charge is -2.31. The first-order chi connectivity index (χ1) is 17.8. The monoisotopic (exact) mass is 529 g/mol. The van der Waals surface area contributed by atoms with Crippen LogP contribution in [0.25, 0.3) is 20.9 Å². The van der Waals surface area contributed by atoms with Gasteiger partial charge in [-0.3, -0.25) is 4.90 Å². The summed E-state index contributed by atoms with van der Waals surface area (Å²) in [6.45, 7) is 8.52. The number of nitrogens with zero attached hydrogens (tertiary/aromatic N) is 6. The number of pyridine rings is 1. The molecule has 0 radical (unpaired) electrons. The SMILES string of the molecule is Cc1nc2cc(-c3nc(Nc4ccc(CN5CCC(CC(F)F)CC5)cn4)ncc3F)sc2n1C(C)C. The van der Waals surface area contributed by atoms with Gasteiger partial charge in [-0.05, 0) is 70.3 Å². The minimum absolute atomic E-state index is 0.00173. The van der Waals surface area contributed by atoms with E-state index in [4.69, 9.17) is 0 Å². The van der Waals surface area contributed by atoms with Gasteiger partial charge in [0.05, 0.1) is 11.1 Å². The first-order valence-electron chi connectivity index (χ1n) is 12.5. The van der Waals surface area contributed by atoms with E-state index in [1.807, 2.05) is 25.1 Å². The molecular formula is C26H30F3N7S. The standard InChI is InChI=1S/C26H30F3N7S/c1-15(2)36-16(3)32-20-11-21(37-25(20)36)24-19(27)13-31-26(34-24)33-23-5-4-18(12-30-23)14-35-8-6-17(7-9-35)10-22(28)29/h4-5,11-13,15,17,22H,6-10,14H2,1-3H3,(H,30,31,33,34). The van der Waals surface area contributed by atoms with E-state index >= 15 is 0 Å². The number of aryl methyl sites for hydroxylation is 1. The molecule has 1 aliphatic heterocycles. The number of aromatic nitrogens is 5. The molecule has 1 fully saturated rings. The Bertz CT molecular complexity index is 1360. The lowest BCUT2D eigenvalue weighted by atomic mass is 9.93. The van der Waals surface area contributed by atoms with E-state index in [-0.39, 0.29) is 30.0 Å². The zero-order chi connectivity index (χ0) is 26.1. The van der Waals surface area contributed by atoms with Gasteiger partial charge in [0.1, 0.15) is 27.7 Å². The minimum atomic E-state index is -2.22. The molecular weight excluding hydrogens is 499 g/mol. The Morgan fingerprint density at radius 3 is 2.57 bits per heavy atom. The van der Waals surface area contributed by atoms with Gasteiger partial charge in [0.25, 0.3) is 0 Å². The number of hydrogen-bond acceptors (Lipinski definition) is 7. The van der Waals surface area contributed by atoms with E-state index in [2.05, 4.69) is 48.6 Å². The van der Waals surface area contributed by atoms with Crippen molar-refractivity contribution in [3.8, 4) is 10.6 Å². The predicted molar refractivity (Wildman–Crippen MR) is 140 cm³/mol. The molecule has 0 unspecified atom stereocenters. The Morgan fingerprint density at radius 1 is 1.11 bits per heavy atom. The number of alkyl halides is 2. The van der Waals surface area contributed by atoms with Crippen molar-refractivity contribution in [2.75, 3.05) is 18.4 Å². The highest BCUT2D eigenvalue weighted by Gasteiger charge is 2.22. The number of thiophene rings is 1. The third kappa shape index (κ3) is 5.77. The van der Waals surface area contributed by atoms with Crippen LogP contribution in [0, 0.1) is 18.7 Å². The second-order valence-electron chi connectivity index (χ2n) is 9.84. The highest BCUT2D eigenvalue weighted by molar-refractivity contribution is 7.21. The van der Waals surface area contributed by atoms with Crippen molar-refractivity contribution in [3.05, 3.63) is 47.8 Å². The molecule has 196 valence electrons. The number of fused-ring (bicyclic) bond motifs is 1. The molecule has 5 heterocycles. The normalized spacial score (nSPS) is 15.4. The van der Waals surface area contributed by atoms with Crippen LogP contribution in [-0.2, 0) is 6.54 Å². The third-order valence-electron chi connectivity index (χ3n) is 6.73. The molecule has 0 spiro atoms. The summed E-state index contributed by atoms with van der Waals surface area (Å²) in [6.07, 6.45) is 2.33. The first kappa shape index (κ1) is 25.6. The van der Waals surface area contributed by atoms with Crippen LogP contribution < -0.4 is 5.32 Å². The molecule has 0 bridgehead atoms. The van der Waals surface area contributed by atoms with E-state index in [9.17, 15) is 13.2 Å². The Labute approximate surface area is 217 Å². The maximum atomic E-state index is 14.7. The number of anilines is 2. The zero-order valence-corrected chi connectivity index (χ0v) is 21.9. The molecule has 0 aliphatic carbocycles. The summed E-state index contributed by atoms with van der Waals surface area (Å²) in [5, 5.41) is 3.06. The summed E-state index contributed by atoms with van der Waals surface area (Å²) in [7, 11) is 0. The summed E-state index contributed by atoms with van der Waals surface area (Å²) < 4.78 is 42.1. The number of rotatable bonds is 8. The zero-order valence-electron chi connectivity index (χ0n) is 21.1. The van der Waals surface area contributed by atoms with Crippen molar-refractivity contribution in [2.24, 2.45) is 5.92 Å². The number of halogens is 3. The third-order valence-corrected chi connectivity index (χ3v) is 7.86. The summed E-state index contributed by atoms with van der Waals surface area (Å²) in [5.41, 5.74) is 2.09. The quantitative estimate of drug-likeness (QED) is 0.278. The largest absolute Gasteiger partial charge is 0.317 e. The molecule has 1 saturated heterocycles. The molecule has 7 nitrogen and oxygen atoms in total. The van der Waals surface area contributed by atoms with Gasteiger partial charge >= 0.3 is 0 Å². The van der Waals surface area contributed by atoms with Gasteiger partial charge in [-0.1, -0.05) is 6.07 Å². The molecule has 0 saturated carbocycles. The van der Waals surface area contributed by atoms with E-state index in [0.717, 1.165) is 60.4 Å². The highest BCUT2D eigenvalue weighted by atomic mass is 32.1. The summed E-state index contributed by atoms with van der Waals surface area (Å²) >= 11 is 1.46. The van der Waals surface area contributed by atoms with Crippen molar-refractivity contribution in [2.45, 2.75) is 59.0 Å². The lowest BCUT2D eigenvalue weighted by molar-refractivity contribution is 0.0852. The van der Waals surface area contributed by atoms with Gasteiger partial charge in [0.15, 0.2) is 5.82 Å². The summed E-state index contributed by atoms with van der Waals surface area (Å²) in [6, 6.07) is 5.92. The molecule has 1 aliphatic rings. The molecule has 4 aromatic heterocycles. The topological polar surface area (TPSA) is 71.8 Å². The van der Waals surface area contributed by atoms with Crippen LogP contribution in [0.2, 0.25) is 0 Å². The van der Waals surface area contributed by atoms with Gasteiger partial charge in [0.2, 0.25) is 12.4 Å². The molecule has 37 heavy (non-hydrogen) atoms. The predicted octanol–water partition coefficient (Wildman–Crippen LogP) is 6.59. The van der Waals surface area contributed by atoms with Crippen molar-refractivity contribution in [1.29, 1.82) is 0 Å². The van der Waals surface area contributed by atoms with Gasteiger partial charge < -0.3 is 9.88 Å². The second kappa shape index (κ2) is 10.7. The molecule has 0 atom stereocenters. The summed E-state index contributed by atoms with van der Waals surface area (Å²) in [5.74, 6) is 1.35. The molecule has 0 aromatic carbocycles. The minimum Gasteiger partial charge on any atom is -0.317 e. The molecule has 11 heteroatoms. The van der Waals surface area contributed by atoms with Crippen LogP contribution in [0.4, 0.5) is 24.9 Å². The van der Waals surface area contributed by atoms with E-state index in [0.29, 0.717) is 10.7 Å². The fourth-order valence-corrected chi connectivity index (χ4v) is 6.19. The van der Waals surface area contributed by atoms with Crippen LogP contribution >= 0.6 is 11.3 Å². The molecule has 4 aromatic rings. The average Bonchev–Trinajstić information content (AvgIpc) is 3.38. The number of piperidine rings is 1. The Kier molecular flexibility index (Phi) is 7.43. The highest BCUT2D eigenvalue weighted by Crippen LogP contribution is 2.36. The van der Waals surface area contributed by atoms with Crippen LogP contribution in [0.1, 0.15) is 50.5 Å². The Morgan fingerprint density at radius 2 is 1.89 bits per heavy atom. The van der Waals surface area contributed by atoms with Gasteiger partial charge in [0, 0.05) is 25.2 Å². The van der Waals surface area contributed by atoms with Crippen LogP contribution in [0.5, 0.6) is 0 Å². The van der Waals surface area contributed by atoms with Gasteiger partial charge in [-0.2, -0.15) is 0 Å². The molecule has 0 amide bonds. The average molecular weight is 530 g/mol. The lowest BCUT2D eigenvalue weighted by Crippen LogP contribution is -2.33. The summed E-state index contributed by atoms with van der Waals surface area (Å²) in [4.78, 5) is 21.5. The van der Waals surface area contributed by atoms with Gasteiger partial charge in [-0.25, -0.2) is 33.1 Å². The van der Waals surface area contributed by atoms with Crippen molar-refractivity contribution in [3.63, 3.8) is 0 Å². The van der Waals surface area contributed by atoms with Crippen molar-refractivity contribution >= 4 is 33.5 Å². The number of likely N-dealkylation sites (tertiary alicyclic amines) is 1. The van der Waals surface area contributed by atoms with Crippen LogP contribution in [0.15, 0.2) is 30.6 Å². The number of hydrogen-bond donors (Lipinski definition) is 1. The van der Waals surface area contributed by atoms with Crippen LogP contribution in [-0.4, -0.2) is 48.9 Å². The van der Waals surface area contributed by atoms with Crippen molar-refractivity contribution in [1.82, 2.24) is 29.4 Å². The first-order valence-corrected chi connectivity index (χ1v) is 13.3. The van der Waals surface area contributed by atoms with Gasteiger partial charge in [-0.15, -0.1) is 11.3 Å². The Hall–Kier alpha value is -3.05. The van der Waals surface area contributed by atoms with E-state index in [1.165, 1.54) is 11.3 Å². The van der Waals surface area contributed by atoms with E-state index < -0.39 is 12.2 Å². The fourth-order valence-electron chi connectivity index (χ4n) is 4.92. The fraction of sp³-hybridized carbons (Fsp3) is 0.462. The number of nitrogens with one attached hydrogen (secondary N) is 1. The Balaban J connectivity index is 1.25. The van der Waals surface area contributed by atoms with E-state index in [1.54, 1.807) is 6.20 Å². The maximum absolute atomic E-state index is 14.7. The van der Waals surface area contributed by atoms with Crippen LogP contribution in [0.3, 0.4) is 0 Å².